The maximum atomic E-state index is 5.48. The fourth-order valence-corrected chi connectivity index (χ4v) is 3.10. The summed E-state index contributed by atoms with van der Waals surface area (Å²) in [7, 11) is 1.72. The fourth-order valence-electron chi connectivity index (χ4n) is 2.25. The lowest BCUT2D eigenvalue weighted by molar-refractivity contribution is 0.410. The minimum Gasteiger partial charge on any atom is -0.496 e. The van der Waals surface area contributed by atoms with Crippen LogP contribution in [0.3, 0.4) is 0 Å². The number of hydrogen-bond acceptors (Lipinski definition) is 1. The highest BCUT2D eigenvalue weighted by Gasteiger charge is 2.17. The van der Waals surface area contributed by atoms with Crippen molar-refractivity contribution in [1.82, 2.24) is 0 Å². The number of aryl methyl sites for hydroxylation is 3. The molecule has 0 heterocycles. The zero-order chi connectivity index (χ0) is 14.0. The van der Waals surface area contributed by atoms with Crippen LogP contribution in [0.2, 0.25) is 0 Å². The van der Waals surface area contributed by atoms with Crippen LogP contribution >= 0.6 is 15.9 Å². The second-order valence-corrected chi connectivity index (χ2v) is 5.88. The quantitative estimate of drug-likeness (QED) is 0.715. The topological polar surface area (TPSA) is 9.23 Å². The molecule has 0 radical (unpaired) electrons. The highest BCUT2D eigenvalue weighted by Crippen LogP contribution is 2.38. The van der Waals surface area contributed by atoms with Crippen LogP contribution in [0.5, 0.6) is 5.75 Å². The Morgan fingerprint density at radius 2 is 1.47 bits per heavy atom. The summed E-state index contributed by atoms with van der Waals surface area (Å²) in [5.41, 5.74) is 6.28. The fraction of sp³-hybridized carbons (Fsp3) is 0.294. The summed E-state index contributed by atoms with van der Waals surface area (Å²) in [5.74, 6) is 0.924. The summed E-state index contributed by atoms with van der Waals surface area (Å²) in [5, 5.41) is 0. The molecule has 100 valence electrons. The molecule has 19 heavy (non-hydrogen) atoms. The first-order chi connectivity index (χ1) is 9.02. The first kappa shape index (κ1) is 14.1. The molecular formula is C17H19BrO. The Hall–Kier alpha value is -1.28. The van der Waals surface area contributed by atoms with Crippen LogP contribution in [0, 0.1) is 20.8 Å². The maximum absolute atomic E-state index is 5.48. The predicted molar refractivity (Wildman–Crippen MR) is 84.4 cm³/mol. The van der Waals surface area contributed by atoms with E-state index in [9.17, 15) is 0 Å². The number of methoxy groups -OCH3 is 1. The van der Waals surface area contributed by atoms with Crippen LogP contribution in [-0.4, -0.2) is 7.11 Å². The molecule has 0 aromatic heterocycles. The smallest absolute Gasteiger partial charge is 0.123 e. The van der Waals surface area contributed by atoms with E-state index >= 15 is 0 Å². The van der Waals surface area contributed by atoms with Crippen molar-refractivity contribution in [2.75, 3.05) is 7.11 Å². The van der Waals surface area contributed by atoms with E-state index in [0.717, 1.165) is 5.75 Å². The monoisotopic (exact) mass is 318 g/mol. The van der Waals surface area contributed by atoms with Crippen LogP contribution in [0.1, 0.15) is 32.6 Å². The third-order valence-corrected chi connectivity index (χ3v) is 4.35. The number of hydrogen-bond donors (Lipinski definition) is 0. The van der Waals surface area contributed by atoms with Crippen LogP contribution in [0.15, 0.2) is 36.4 Å². The molecule has 0 fully saturated rings. The van der Waals surface area contributed by atoms with Gasteiger partial charge in [0.05, 0.1) is 11.9 Å². The molecule has 0 amide bonds. The Balaban J connectivity index is 2.51. The van der Waals surface area contributed by atoms with E-state index in [-0.39, 0.29) is 4.83 Å². The summed E-state index contributed by atoms with van der Waals surface area (Å²) in [4.78, 5) is 0.155. The molecule has 2 heteroatoms. The van der Waals surface area contributed by atoms with Crippen molar-refractivity contribution >= 4 is 15.9 Å². The van der Waals surface area contributed by atoms with Crippen LogP contribution in [0.4, 0.5) is 0 Å². The highest BCUT2D eigenvalue weighted by molar-refractivity contribution is 9.09. The van der Waals surface area contributed by atoms with Gasteiger partial charge in [0.15, 0.2) is 0 Å². The normalized spacial score (nSPS) is 12.3. The lowest BCUT2D eigenvalue weighted by atomic mass is 9.97. The largest absolute Gasteiger partial charge is 0.496 e. The van der Waals surface area contributed by atoms with Gasteiger partial charge in [0.1, 0.15) is 5.75 Å². The summed E-state index contributed by atoms with van der Waals surface area (Å²) >= 11 is 3.82. The van der Waals surface area contributed by atoms with E-state index in [1.807, 2.05) is 6.07 Å². The molecule has 1 unspecified atom stereocenters. The number of halogens is 1. The minimum atomic E-state index is 0.155. The molecular weight excluding hydrogens is 300 g/mol. The zero-order valence-electron chi connectivity index (χ0n) is 11.8. The summed E-state index contributed by atoms with van der Waals surface area (Å²) < 4.78 is 5.48. The van der Waals surface area contributed by atoms with Crippen molar-refractivity contribution in [2.45, 2.75) is 25.6 Å². The van der Waals surface area contributed by atoms with E-state index in [0.29, 0.717) is 0 Å². The SMILES string of the molecule is COc1ccc(C)cc1C(Br)c1cc(C)ccc1C. The predicted octanol–water partition coefficient (Wildman–Crippen LogP) is 5.10. The van der Waals surface area contributed by atoms with E-state index in [1.54, 1.807) is 7.11 Å². The van der Waals surface area contributed by atoms with Crippen molar-refractivity contribution in [3.63, 3.8) is 0 Å². The van der Waals surface area contributed by atoms with Gasteiger partial charge in [-0.2, -0.15) is 0 Å². The van der Waals surface area contributed by atoms with Gasteiger partial charge in [-0.1, -0.05) is 57.4 Å². The van der Waals surface area contributed by atoms with Crippen molar-refractivity contribution in [2.24, 2.45) is 0 Å². The molecule has 1 atom stereocenters. The van der Waals surface area contributed by atoms with E-state index < -0.39 is 0 Å². The maximum Gasteiger partial charge on any atom is 0.123 e. The summed E-state index contributed by atoms with van der Waals surface area (Å²) in [6, 6.07) is 12.8. The van der Waals surface area contributed by atoms with Crippen molar-refractivity contribution in [1.29, 1.82) is 0 Å². The average molecular weight is 319 g/mol. The van der Waals surface area contributed by atoms with Crippen molar-refractivity contribution < 1.29 is 4.74 Å². The molecule has 0 spiro atoms. The molecule has 2 rings (SSSR count). The second kappa shape index (κ2) is 5.79. The molecule has 0 bridgehead atoms. The van der Waals surface area contributed by atoms with Crippen LogP contribution in [0.25, 0.3) is 0 Å². The van der Waals surface area contributed by atoms with Gasteiger partial charge in [0.25, 0.3) is 0 Å². The third kappa shape index (κ3) is 3.01. The molecule has 2 aromatic carbocycles. The van der Waals surface area contributed by atoms with Gasteiger partial charge in [-0.05, 0) is 38.0 Å². The van der Waals surface area contributed by atoms with Crippen molar-refractivity contribution in [3.05, 3.63) is 64.2 Å². The molecule has 0 aliphatic heterocycles. The zero-order valence-corrected chi connectivity index (χ0v) is 13.4. The Labute approximate surface area is 123 Å². The number of benzene rings is 2. The van der Waals surface area contributed by atoms with E-state index in [1.165, 1.54) is 27.8 Å². The first-order valence-corrected chi connectivity index (χ1v) is 7.30. The highest BCUT2D eigenvalue weighted by atomic mass is 79.9. The van der Waals surface area contributed by atoms with Crippen LogP contribution in [-0.2, 0) is 0 Å². The van der Waals surface area contributed by atoms with Crippen molar-refractivity contribution in [3.8, 4) is 5.75 Å². The minimum absolute atomic E-state index is 0.155. The third-order valence-electron chi connectivity index (χ3n) is 3.37. The molecule has 0 aliphatic rings. The Morgan fingerprint density at radius 3 is 2.11 bits per heavy atom. The van der Waals surface area contributed by atoms with Gasteiger partial charge in [-0.25, -0.2) is 0 Å². The van der Waals surface area contributed by atoms with Gasteiger partial charge in [0, 0.05) is 5.56 Å². The molecule has 2 aromatic rings. The van der Waals surface area contributed by atoms with Gasteiger partial charge >= 0.3 is 0 Å². The number of rotatable bonds is 3. The Kier molecular flexibility index (Phi) is 4.31. The Morgan fingerprint density at radius 1 is 0.895 bits per heavy atom. The Bertz CT molecular complexity index is 590. The molecule has 0 N–H and O–H groups in total. The molecule has 0 saturated carbocycles. The molecule has 0 saturated heterocycles. The number of ether oxygens (including phenoxy) is 1. The molecule has 1 nitrogen and oxygen atoms in total. The second-order valence-electron chi connectivity index (χ2n) is 4.97. The summed E-state index contributed by atoms with van der Waals surface area (Å²) in [6.45, 7) is 6.37. The van der Waals surface area contributed by atoms with Gasteiger partial charge in [0.2, 0.25) is 0 Å². The van der Waals surface area contributed by atoms with Crippen LogP contribution < -0.4 is 4.74 Å². The molecule has 0 aliphatic carbocycles. The number of alkyl halides is 1. The van der Waals surface area contributed by atoms with Gasteiger partial charge < -0.3 is 4.74 Å². The average Bonchev–Trinajstić information content (AvgIpc) is 2.40. The standard InChI is InChI=1S/C17H19BrO/c1-11-5-7-13(3)14(9-11)17(18)15-10-12(2)6-8-16(15)19-4/h5-10,17H,1-4H3. The van der Waals surface area contributed by atoms with E-state index in [4.69, 9.17) is 4.74 Å². The van der Waals surface area contributed by atoms with E-state index in [2.05, 4.69) is 67.0 Å². The lowest BCUT2D eigenvalue weighted by Gasteiger charge is -2.18. The van der Waals surface area contributed by atoms with Gasteiger partial charge in [-0.3, -0.25) is 0 Å². The first-order valence-electron chi connectivity index (χ1n) is 6.38. The lowest BCUT2D eigenvalue weighted by Crippen LogP contribution is -2.00. The van der Waals surface area contributed by atoms with Gasteiger partial charge in [-0.15, -0.1) is 0 Å². The summed E-state index contributed by atoms with van der Waals surface area (Å²) in [6.07, 6.45) is 0.